The lowest BCUT2D eigenvalue weighted by atomic mass is 10.2. The second kappa shape index (κ2) is 9.76. The fourth-order valence-electron chi connectivity index (χ4n) is 2.96. The maximum absolute atomic E-state index is 12.5. The summed E-state index contributed by atoms with van der Waals surface area (Å²) in [5.41, 5.74) is 0.839. The number of rotatable bonds is 8. The number of carbonyl (C=O) groups is 1. The quantitative estimate of drug-likeness (QED) is 0.257. The van der Waals surface area contributed by atoms with E-state index in [2.05, 4.69) is 10.4 Å². The minimum atomic E-state index is -0.548. The molecule has 9 nitrogen and oxygen atoms in total. The smallest absolute Gasteiger partial charge is 0.292 e. The summed E-state index contributed by atoms with van der Waals surface area (Å²) in [6, 6.07) is 16.1. The monoisotopic (exact) mass is 486 g/mol. The average Bonchev–Trinajstić information content (AvgIpc) is 3.42. The molecule has 0 aliphatic rings. The van der Waals surface area contributed by atoms with Crippen LogP contribution in [0.2, 0.25) is 10.0 Å². The van der Waals surface area contributed by atoms with E-state index >= 15 is 0 Å². The van der Waals surface area contributed by atoms with Crippen molar-refractivity contribution in [2.45, 2.75) is 13.2 Å². The van der Waals surface area contributed by atoms with Crippen LogP contribution in [0.25, 0.3) is 0 Å². The number of nitro groups is 1. The van der Waals surface area contributed by atoms with Gasteiger partial charge >= 0.3 is 0 Å². The lowest BCUT2D eigenvalue weighted by molar-refractivity contribution is -0.384. The van der Waals surface area contributed by atoms with Crippen LogP contribution in [0.4, 0.5) is 11.5 Å². The van der Waals surface area contributed by atoms with Crippen LogP contribution in [0.5, 0.6) is 5.75 Å². The van der Waals surface area contributed by atoms with Gasteiger partial charge in [-0.1, -0.05) is 35.3 Å². The summed E-state index contributed by atoms with van der Waals surface area (Å²) in [5.74, 6) is 0.611. The molecular formula is C22H16Cl2N4O5. The van der Waals surface area contributed by atoms with Crippen molar-refractivity contribution < 1.29 is 18.9 Å². The van der Waals surface area contributed by atoms with Gasteiger partial charge in [-0.3, -0.25) is 19.6 Å². The van der Waals surface area contributed by atoms with Crippen molar-refractivity contribution in [1.82, 2.24) is 9.78 Å². The van der Waals surface area contributed by atoms with Crippen molar-refractivity contribution in [3.8, 4) is 5.75 Å². The van der Waals surface area contributed by atoms with E-state index in [4.69, 9.17) is 32.4 Å². The summed E-state index contributed by atoms with van der Waals surface area (Å²) in [6.07, 6.45) is 1.74. The van der Waals surface area contributed by atoms with Gasteiger partial charge in [0.15, 0.2) is 11.6 Å². The predicted octanol–water partition coefficient (Wildman–Crippen LogP) is 5.57. The maximum atomic E-state index is 12.5. The first-order valence-corrected chi connectivity index (χ1v) is 10.4. The number of nitrogens with zero attached hydrogens (tertiary/aromatic N) is 3. The number of carbonyl (C=O) groups excluding carboxylic acids is 1. The Bertz CT molecular complexity index is 1320. The van der Waals surface area contributed by atoms with Gasteiger partial charge in [0.25, 0.3) is 11.6 Å². The van der Waals surface area contributed by atoms with Gasteiger partial charge in [-0.2, -0.15) is 5.10 Å². The first-order chi connectivity index (χ1) is 15.9. The highest BCUT2D eigenvalue weighted by Gasteiger charge is 2.15. The van der Waals surface area contributed by atoms with Crippen molar-refractivity contribution in [2.24, 2.45) is 0 Å². The number of furan rings is 1. The Morgan fingerprint density at radius 3 is 2.76 bits per heavy atom. The number of halogens is 2. The second-order valence-electron chi connectivity index (χ2n) is 6.91. The molecule has 0 unspecified atom stereocenters. The fraction of sp³-hybridized carbons (Fsp3) is 0.0909. The number of hydrogen-bond donors (Lipinski definition) is 1. The molecule has 168 valence electrons. The van der Waals surface area contributed by atoms with Gasteiger partial charge in [0, 0.05) is 29.4 Å². The first kappa shape index (κ1) is 22.4. The highest BCUT2D eigenvalue weighted by molar-refractivity contribution is 6.32. The topological polar surface area (TPSA) is 112 Å². The van der Waals surface area contributed by atoms with Gasteiger partial charge in [-0.15, -0.1) is 0 Å². The Morgan fingerprint density at radius 1 is 1.15 bits per heavy atom. The Labute approximate surface area is 197 Å². The predicted molar refractivity (Wildman–Crippen MR) is 122 cm³/mol. The van der Waals surface area contributed by atoms with Crippen LogP contribution in [-0.4, -0.2) is 20.6 Å². The minimum absolute atomic E-state index is 0.0148. The third kappa shape index (κ3) is 5.71. The lowest BCUT2D eigenvalue weighted by Crippen LogP contribution is -2.12. The largest absolute Gasteiger partial charge is 0.484 e. The highest BCUT2D eigenvalue weighted by atomic mass is 35.5. The zero-order chi connectivity index (χ0) is 23.4. The molecule has 4 aromatic rings. The van der Waals surface area contributed by atoms with E-state index < -0.39 is 10.8 Å². The average molecular weight is 487 g/mol. The minimum Gasteiger partial charge on any atom is -0.484 e. The molecule has 1 amide bonds. The van der Waals surface area contributed by atoms with Crippen molar-refractivity contribution in [3.05, 3.63) is 104 Å². The number of ether oxygens (including phenoxy) is 1. The molecule has 11 heteroatoms. The van der Waals surface area contributed by atoms with E-state index in [0.29, 0.717) is 23.1 Å². The highest BCUT2D eigenvalue weighted by Crippen LogP contribution is 2.29. The van der Waals surface area contributed by atoms with E-state index in [9.17, 15) is 14.9 Å². The third-order valence-electron chi connectivity index (χ3n) is 4.50. The Balaban J connectivity index is 1.34. The molecular weight excluding hydrogens is 471 g/mol. The number of nitro benzene ring substituents is 1. The van der Waals surface area contributed by atoms with Gasteiger partial charge in [0.2, 0.25) is 0 Å². The van der Waals surface area contributed by atoms with Crippen LogP contribution >= 0.6 is 23.2 Å². The Morgan fingerprint density at radius 2 is 2.00 bits per heavy atom. The van der Waals surface area contributed by atoms with Gasteiger partial charge in [0.05, 0.1) is 16.5 Å². The molecule has 0 aliphatic carbocycles. The van der Waals surface area contributed by atoms with Crippen LogP contribution in [0.3, 0.4) is 0 Å². The molecule has 0 saturated heterocycles. The summed E-state index contributed by atoms with van der Waals surface area (Å²) < 4.78 is 12.7. The molecule has 2 aromatic heterocycles. The number of anilines is 1. The summed E-state index contributed by atoms with van der Waals surface area (Å²) in [7, 11) is 0. The molecule has 33 heavy (non-hydrogen) atoms. The number of benzene rings is 2. The van der Waals surface area contributed by atoms with E-state index in [1.807, 2.05) is 18.2 Å². The van der Waals surface area contributed by atoms with Gasteiger partial charge in [0.1, 0.15) is 18.1 Å². The normalized spacial score (nSPS) is 10.7. The standard InChI is InChI=1S/C22H16Cl2N4O5/c23-15-3-1-2-14(10-15)12-27-9-8-21(26-27)25-22(29)20-7-5-17(33-20)13-32-19-6-4-16(28(30)31)11-18(19)24/h1-11H,12-13H2,(H,25,26,29). The molecule has 2 heterocycles. The second-order valence-corrected chi connectivity index (χ2v) is 7.75. The molecule has 0 aliphatic heterocycles. The molecule has 0 bridgehead atoms. The summed E-state index contributed by atoms with van der Waals surface area (Å²) >= 11 is 12.0. The maximum Gasteiger partial charge on any atom is 0.292 e. The molecule has 4 rings (SSSR count). The number of amides is 1. The fourth-order valence-corrected chi connectivity index (χ4v) is 3.41. The molecule has 0 fully saturated rings. The van der Waals surface area contributed by atoms with E-state index in [1.165, 1.54) is 24.3 Å². The molecule has 0 radical (unpaired) electrons. The van der Waals surface area contributed by atoms with Gasteiger partial charge in [-0.05, 0) is 35.9 Å². The SMILES string of the molecule is O=C(Nc1ccn(Cc2cccc(Cl)c2)n1)c1ccc(COc2ccc([N+](=O)[O-])cc2Cl)o1. The number of non-ortho nitro benzene ring substituents is 1. The molecule has 2 aromatic carbocycles. The summed E-state index contributed by atoms with van der Waals surface area (Å²) in [6.45, 7) is 0.489. The van der Waals surface area contributed by atoms with Crippen LogP contribution in [0.15, 0.2) is 71.3 Å². The Hall–Kier alpha value is -3.82. The number of nitrogens with one attached hydrogen (secondary N) is 1. The Kier molecular flexibility index (Phi) is 6.62. The van der Waals surface area contributed by atoms with Crippen LogP contribution in [0, 0.1) is 10.1 Å². The van der Waals surface area contributed by atoms with E-state index in [0.717, 1.165) is 5.56 Å². The summed E-state index contributed by atoms with van der Waals surface area (Å²) in [4.78, 5) is 22.7. The van der Waals surface area contributed by atoms with Crippen molar-refractivity contribution >= 4 is 40.6 Å². The molecule has 0 saturated carbocycles. The first-order valence-electron chi connectivity index (χ1n) is 9.62. The number of hydrogen-bond acceptors (Lipinski definition) is 6. The van der Waals surface area contributed by atoms with Crippen LogP contribution in [-0.2, 0) is 13.2 Å². The summed E-state index contributed by atoms with van der Waals surface area (Å²) in [5, 5.41) is 18.5. The van der Waals surface area contributed by atoms with E-state index in [1.54, 1.807) is 29.1 Å². The van der Waals surface area contributed by atoms with Gasteiger partial charge in [-0.25, -0.2) is 0 Å². The zero-order valence-electron chi connectivity index (χ0n) is 16.9. The number of aromatic nitrogens is 2. The molecule has 0 spiro atoms. The van der Waals surface area contributed by atoms with Crippen molar-refractivity contribution in [2.75, 3.05) is 5.32 Å². The van der Waals surface area contributed by atoms with Gasteiger partial charge < -0.3 is 14.5 Å². The van der Waals surface area contributed by atoms with E-state index in [-0.39, 0.29) is 28.8 Å². The van der Waals surface area contributed by atoms with Crippen molar-refractivity contribution in [1.29, 1.82) is 0 Å². The van der Waals surface area contributed by atoms with Crippen LogP contribution in [0.1, 0.15) is 21.9 Å². The zero-order valence-corrected chi connectivity index (χ0v) is 18.4. The molecule has 1 N–H and O–H groups in total. The lowest BCUT2D eigenvalue weighted by Gasteiger charge is -2.06. The van der Waals surface area contributed by atoms with Crippen molar-refractivity contribution in [3.63, 3.8) is 0 Å². The third-order valence-corrected chi connectivity index (χ3v) is 5.03. The van der Waals surface area contributed by atoms with Crippen LogP contribution < -0.4 is 10.1 Å². The molecule has 0 atom stereocenters.